The van der Waals surface area contributed by atoms with Crippen LogP contribution < -0.4 is 11.1 Å². The number of ether oxygens (including phenoxy) is 1. The molecule has 28 heavy (non-hydrogen) atoms. The third kappa shape index (κ3) is 5.13. The van der Waals surface area contributed by atoms with Crippen LogP contribution in [-0.4, -0.2) is 28.3 Å². The molecule has 0 spiro atoms. The molecule has 0 atom stereocenters. The number of aromatic nitrogens is 2. The second-order valence-electron chi connectivity index (χ2n) is 5.76. The van der Waals surface area contributed by atoms with Crippen LogP contribution in [-0.2, 0) is 27.4 Å². The van der Waals surface area contributed by atoms with E-state index >= 15 is 0 Å². The molecule has 0 radical (unpaired) electrons. The summed E-state index contributed by atoms with van der Waals surface area (Å²) in [5.41, 5.74) is 1.29. The third-order valence-electron chi connectivity index (χ3n) is 3.67. The molecule has 0 aliphatic carbocycles. The van der Waals surface area contributed by atoms with Gasteiger partial charge in [-0.15, -0.1) is 5.10 Å². The number of rotatable bonds is 7. The first-order valence-corrected chi connectivity index (χ1v) is 8.31. The fourth-order valence-electron chi connectivity index (χ4n) is 2.27. The zero-order chi connectivity index (χ0) is 19.9. The van der Waals surface area contributed by atoms with Crippen molar-refractivity contribution in [3.63, 3.8) is 0 Å². The van der Waals surface area contributed by atoms with E-state index in [1.54, 1.807) is 30.3 Å². The summed E-state index contributed by atoms with van der Waals surface area (Å²) in [7, 11) is 0. The molecule has 0 aliphatic rings. The first-order chi connectivity index (χ1) is 13.5. The van der Waals surface area contributed by atoms with E-state index in [-0.39, 0.29) is 18.3 Å². The number of hydrogen-bond donors (Lipinski definition) is 1. The highest BCUT2D eigenvalue weighted by molar-refractivity contribution is 5.80. The van der Waals surface area contributed by atoms with E-state index < -0.39 is 30.8 Å². The number of benzene rings is 2. The molecule has 1 amide bonds. The van der Waals surface area contributed by atoms with Gasteiger partial charge in [-0.3, -0.25) is 9.59 Å². The quantitative estimate of drug-likeness (QED) is 0.618. The second-order valence-corrected chi connectivity index (χ2v) is 5.76. The van der Waals surface area contributed by atoms with Gasteiger partial charge in [-0.05, 0) is 29.8 Å². The van der Waals surface area contributed by atoms with Gasteiger partial charge in [0.25, 0.3) is 5.91 Å². The summed E-state index contributed by atoms with van der Waals surface area (Å²) in [6.45, 7) is -0.835. The molecule has 0 saturated heterocycles. The van der Waals surface area contributed by atoms with Crippen molar-refractivity contribution in [3.8, 4) is 11.5 Å². The van der Waals surface area contributed by atoms with Crippen LogP contribution in [0, 0.1) is 5.82 Å². The topological polar surface area (TPSA) is 103 Å². The maximum Gasteiger partial charge on any atom is 0.437 e. The third-order valence-corrected chi connectivity index (χ3v) is 3.67. The van der Waals surface area contributed by atoms with Crippen LogP contribution >= 0.6 is 0 Å². The predicted molar refractivity (Wildman–Crippen MR) is 95.4 cm³/mol. The molecule has 1 N–H and O–H groups in total. The zero-order valence-corrected chi connectivity index (χ0v) is 14.6. The van der Waals surface area contributed by atoms with Crippen molar-refractivity contribution in [1.82, 2.24) is 15.1 Å². The van der Waals surface area contributed by atoms with Gasteiger partial charge in [0.05, 0.1) is 0 Å². The van der Waals surface area contributed by atoms with Crippen LogP contribution in [0.4, 0.5) is 4.39 Å². The van der Waals surface area contributed by atoms with Gasteiger partial charge in [0.1, 0.15) is 12.4 Å². The molecule has 0 aliphatic heterocycles. The van der Waals surface area contributed by atoms with Crippen molar-refractivity contribution in [2.75, 3.05) is 6.61 Å². The Labute approximate surface area is 158 Å². The summed E-state index contributed by atoms with van der Waals surface area (Å²) in [4.78, 5) is 35.4. The Kier molecular flexibility index (Phi) is 5.95. The van der Waals surface area contributed by atoms with Crippen LogP contribution in [0.5, 0.6) is 0 Å². The molecule has 0 bridgehead atoms. The first-order valence-electron chi connectivity index (χ1n) is 8.31. The minimum Gasteiger partial charge on any atom is -0.454 e. The largest absolute Gasteiger partial charge is 0.454 e. The average molecular weight is 385 g/mol. The molecule has 0 unspecified atom stereocenters. The van der Waals surface area contributed by atoms with Gasteiger partial charge in [-0.2, -0.15) is 4.68 Å². The van der Waals surface area contributed by atoms with Gasteiger partial charge in [0.15, 0.2) is 6.61 Å². The van der Waals surface area contributed by atoms with Crippen LogP contribution in [0.2, 0.25) is 0 Å². The Bertz CT molecular complexity index is 1010. The molecule has 8 nitrogen and oxygen atoms in total. The number of carbonyl (C=O) groups excluding carboxylic acids is 2. The van der Waals surface area contributed by atoms with Crippen LogP contribution in [0.25, 0.3) is 11.5 Å². The van der Waals surface area contributed by atoms with Crippen LogP contribution in [0.3, 0.4) is 0 Å². The SMILES string of the molecule is O=C(COC(=O)Cn1nc(-c2ccccc2)oc1=O)NCc1ccc(F)cc1. The number of hydrogen-bond acceptors (Lipinski definition) is 6. The summed E-state index contributed by atoms with van der Waals surface area (Å²) >= 11 is 0. The van der Waals surface area contributed by atoms with E-state index in [2.05, 4.69) is 10.4 Å². The molecule has 9 heteroatoms. The molecule has 2 aromatic carbocycles. The Morgan fingerprint density at radius 1 is 1.11 bits per heavy atom. The molecule has 3 rings (SSSR count). The number of carbonyl (C=O) groups is 2. The van der Waals surface area contributed by atoms with E-state index in [0.717, 1.165) is 4.68 Å². The molecule has 1 aromatic heterocycles. The van der Waals surface area contributed by atoms with E-state index in [4.69, 9.17) is 9.15 Å². The van der Waals surface area contributed by atoms with Gasteiger partial charge in [0.2, 0.25) is 5.89 Å². The van der Waals surface area contributed by atoms with Crippen molar-refractivity contribution >= 4 is 11.9 Å². The molecule has 0 saturated carbocycles. The predicted octanol–water partition coefficient (Wildman–Crippen LogP) is 1.50. The lowest BCUT2D eigenvalue weighted by molar-refractivity contribution is -0.149. The number of esters is 1. The molecule has 3 aromatic rings. The summed E-state index contributed by atoms with van der Waals surface area (Å²) in [6, 6.07) is 14.4. The normalized spacial score (nSPS) is 10.5. The van der Waals surface area contributed by atoms with Crippen molar-refractivity contribution in [1.29, 1.82) is 0 Å². The van der Waals surface area contributed by atoms with Gasteiger partial charge in [0, 0.05) is 12.1 Å². The minimum atomic E-state index is -0.813. The van der Waals surface area contributed by atoms with Gasteiger partial charge >= 0.3 is 11.7 Å². The monoisotopic (exact) mass is 385 g/mol. The van der Waals surface area contributed by atoms with E-state index in [0.29, 0.717) is 11.1 Å². The Morgan fingerprint density at radius 3 is 2.54 bits per heavy atom. The van der Waals surface area contributed by atoms with Crippen molar-refractivity contribution < 1.29 is 23.1 Å². The van der Waals surface area contributed by atoms with Gasteiger partial charge in [-0.1, -0.05) is 30.3 Å². The molecular formula is C19H16FN3O5. The minimum absolute atomic E-state index is 0.0791. The highest BCUT2D eigenvalue weighted by Crippen LogP contribution is 2.13. The smallest absolute Gasteiger partial charge is 0.437 e. The van der Waals surface area contributed by atoms with Crippen molar-refractivity contribution in [3.05, 3.63) is 76.5 Å². The van der Waals surface area contributed by atoms with Crippen LogP contribution in [0.1, 0.15) is 5.56 Å². The second kappa shape index (κ2) is 8.76. The van der Waals surface area contributed by atoms with Gasteiger partial charge in [-0.25, -0.2) is 9.18 Å². The van der Waals surface area contributed by atoms with E-state index in [1.807, 2.05) is 0 Å². The zero-order valence-electron chi connectivity index (χ0n) is 14.6. The molecule has 144 valence electrons. The highest BCUT2D eigenvalue weighted by Gasteiger charge is 2.15. The average Bonchev–Trinajstić information content (AvgIpc) is 3.07. The number of nitrogens with one attached hydrogen (secondary N) is 1. The molecule has 0 fully saturated rings. The van der Waals surface area contributed by atoms with Crippen LogP contribution in [0.15, 0.2) is 63.8 Å². The van der Waals surface area contributed by atoms with E-state index in [1.165, 1.54) is 24.3 Å². The molecular weight excluding hydrogens is 369 g/mol. The summed E-state index contributed by atoms with van der Waals surface area (Å²) in [6.07, 6.45) is 0. The Hall–Kier alpha value is -3.75. The van der Waals surface area contributed by atoms with Gasteiger partial charge < -0.3 is 14.5 Å². The van der Waals surface area contributed by atoms with Crippen molar-refractivity contribution in [2.45, 2.75) is 13.1 Å². The maximum absolute atomic E-state index is 12.8. The summed E-state index contributed by atoms with van der Waals surface area (Å²) < 4.78 is 23.5. The lowest BCUT2D eigenvalue weighted by atomic mass is 10.2. The highest BCUT2D eigenvalue weighted by atomic mass is 19.1. The maximum atomic E-state index is 12.8. The standard InChI is InChI=1S/C19H16FN3O5/c20-15-8-6-13(7-9-15)10-21-16(24)12-27-17(25)11-23-19(26)28-18(22-23)14-4-2-1-3-5-14/h1-9H,10-12H2,(H,21,24). The number of halogens is 1. The summed E-state index contributed by atoms with van der Waals surface area (Å²) in [5, 5.41) is 6.47. The Balaban J connectivity index is 1.48. The Morgan fingerprint density at radius 2 is 1.82 bits per heavy atom. The van der Waals surface area contributed by atoms with E-state index in [9.17, 15) is 18.8 Å². The number of amides is 1. The fraction of sp³-hybridized carbons (Fsp3) is 0.158. The summed E-state index contributed by atoms with van der Waals surface area (Å²) in [5.74, 6) is -2.45. The lowest BCUT2D eigenvalue weighted by Gasteiger charge is -2.06. The van der Waals surface area contributed by atoms with Crippen molar-refractivity contribution in [2.24, 2.45) is 0 Å². The fourth-order valence-corrected chi connectivity index (χ4v) is 2.27. The number of nitrogens with zero attached hydrogens (tertiary/aromatic N) is 2. The molecule has 1 heterocycles. The first kappa shape index (κ1) is 19.0. The lowest BCUT2D eigenvalue weighted by Crippen LogP contribution is -2.30.